The van der Waals surface area contributed by atoms with Gasteiger partial charge in [-0.05, 0) is 0 Å². The number of hydrogen-bond acceptors (Lipinski definition) is 0. The van der Waals surface area contributed by atoms with Crippen molar-refractivity contribution in [3.05, 3.63) is 0 Å². The van der Waals surface area contributed by atoms with Crippen LogP contribution in [0, 0.1) is 0 Å². The molecular weight excluding hydrogens is 139 g/mol. The SMILES string of the molecule is CCC[PH](C)(C)C(C)CC. The van der Waals surface area contributed by atoms with E-state index in [-0.39, 0.29) is 0 Å². The zero-order valence-corrected chi connectivity index (χ0v) is 9.20. The van der Waals surface area contributed by atoms with Crippen LogP contribution in [0.5, 0.6) is 0 Å². The average Bonchev–Trinajstić information content (AvgIpc) is 1.86. The molecule has 0 heterocycles. The van der Waals surface area contributed by atoms with Gasteiger partial charge in [-0.3, -0.25) is 0 Å². The van der Waals surface area contributed by atoms with Gasteiger partial charge >= 0.3 is 66.0 Å². The van der Waals surface area contributed by atoms with Crippen molar-refractivity contribution in [3.63, 3.8) is 0 Å². The van der Waals surface area contributed by atoms with E-state index in [1.165, 1.54) is 19.0 Å². The van der Waals surface area contributed by atoms with Gasteiger partial charge in [-0.2, -0.15) is 0 Å². The van der Waals surface area contributed by atoms with Crippen molar-refractivity contribution in [3.8, 4) is 0 Å². The van der Waals surface area contributed by atoms with E-state index in [1.807, 2.05) is 0 Å². The second-order valence-corrected chi connectivity index (χ2v) is 9.51. The summed E-state index contributed by atoms with van der Waals surface area (Å²) in [6, 6.07) is 0. The maximum absolute atomic E-state index is 2.52. The summed E-state index contributed by atoms with van der Waals surface area (Å²) < 4.78 is 0. The van der Waals surface area contributed by atoms with Crippen LogP contribution in [0.1, 0.15) is 33.6 Å². The molecule has 0 saturated heterocycles. The van der Waals surface area contributed by atoms with Crippen LogP contribution in [-0.4, -0.2) is 25.2 Å². The van der Waals surface area contributed by atoms with E-state index in [2.05, 4.69) is 34.1 Å². The molecule has 0 saturated carbocycles. The molecule has 1 unspecified atom stereocenters. The van der Waals surface area contributed by atoms with Crippen LogP contribution >= 0.6 is 7.26 Å². The van der Waals surface area contributed by atoms with Crippen molar-refractivity contribution in [2.45, 2.75) is 39.3 Å². The van der Waals surface area contributed by atoms with Crippen LogP contribution in [-0.2, 0) is 0 Å². The predicted octanol–water partition coefficient (Wildman–Crippen LogP) is 3.20. The molecule has 0 aliphatic rings. The van der Waals surface area contributed by atoms with Gasteiger partial charge in [-0.15, -0.1) is 0 Å². The summed E-state index contributed by atoms with van der Waals surface area (Å²) in [6.07, 6.45) is 4.25. The molecule has 0 radical (unpaired) electrons. The third-order valence-corrected chi connectivity index (χ3v) is 7.71. The van der Waals surface area contributed by atoms with E-state index in [1.54, 1.807) is 0 Å². The van der Waals surface area contributed by atoms with Gasteiger partial charge < -0.3 is 0 Å². The Morgan fingerprint density at radius 2 is 1.70 bits per heavy atom. The van der Waals surface area contributed by atoms with Gasteiger partial charge in [0.15, 0.2) is 0 Å². The monoisotopic (exact) mass is 162 g/mol. The molecule has 0 nitrogen and oxygen atoms in total. The summed E-state index contributed by atoms with van der Waals surface area (Å²) in [5, 5.41) is 0. The Balaban J connectivity index is 3.82. The van der Waals surface area contributed by atoms with E-state index in [4.69, 9.17) is 0 Å². The van der Waals surface area contributed by atoms with Crippen LogP contribution < -0.4 is 0 Å². The Hall–Kier alpha value is 0.430. The Labute approximate surface area is 66.7 Å². The second kappa shape index (κ2) is 4.34. The summed E-state index contributed by atoms with van der Waals surface area (Å²) in [5.41, 5.74) is 1.01. The molecule has 1 heteroatoms. The van der Waals surface area contributed by atoms with Gasteiger partial charge in [0.2, 0.25) is 0 Å². The molecular formula is C9H23P. The van der Waals surface area contributed by atoms with Crippen molar-refractivity contribution in [1.82, 2.24) is 0 Å². The molecule has 64 valence electrons. The summed E-state index contributed by atoms with van der Waals surface area (Å²) >= 11 is 0. The van der Waals surface area contributed by atoms with E-state index in [9.17, 15) is 0 Å². The zero-order chi connectivity index (χ0) is 8.20. The molecule has 0 N–H and O–H groups in total. The standard InChI is InChI=1S/C9H23P/c1-6-8-10(4,5)9(3)7-2/h9-10H,6-8H2,1-5H3. The summed E-state index contributed by atoms with van der Waals surface area (Å²) in [5.74, 6) is 0. The maximum atomic E-state index is 2.52. The first kappa shape index (κ1) is 10.4. The Morgan fingerprint density at radius 1 is 1.20 bits per heavy atom. The molecule has 0 aromatic carbocycles. The Morgan fingerprint density at radius 3 is 2.00 bits per heavy atom. The molecule has 0 fully saturated rings. The van der Waals surface area contributed by atoms with Crippen LogP contribution in [0.3, 0.4) is 0 Å². The Kier molecular flexibility index (Phi) is 4.52. The molecule has 10 heavy (non-hydrogen) atoms. The minimum atomic E-state index is -0.807. The van der Waals surface area contributed by atoms with Crippen molar-refractivity contribution < 1.29 is 0 Å². The molecule has 0 amide bonds. The Bertz CT molecular complexity index is 86.7. The molecule has 0 bridgehead atoms. The van der Waals surface area contributed by atoms with E-state index in [0.717, 1.165) is 5.66 Å². The molecule has 0 aromatic heterocycles. The summed E-state index contributed by atoms with van der Waals surface area (Å²) in [4.78, 5) is 0. The van der Waals surface area contributed by atoms with Gasteiger partial charge in [0.1, 0.15) is 0 Å². The quantitative estimate of drug-likeness (QED) is 0.557. The van der Waals surface area contributed by atoms with Gasteiger partial charge in [-0.1, -0.05) is 0 Å². The zero-order valence-electron chi connectivity index (χ0n) is 8.20. The van der Waals surface area contributed by atoms with E-state index < -0.39 is 7.26 Å². The molecule has 0 aliphatic carbocycles. The normalized spacial score (nSPS) is 16.9. The van der Waals surface area contributed by atoms with Crippen molar-refractivity contribution >= 4 is 7.26 Å². The predicted molar refractivity (Wildman–Crippen MR) is 55.1 cm³/mol. The fourth-order valence-electron chi connectivity index (χ4n) is 1.44. The summed E-state index contributed by atoms with van der Waals surface area (Å²) in [7, 11) is -0.807. The minimum absolute atomic E-state index is 0.807. The fourth-order valence-corrected chi connectivity index (χ4v) is 4.33. The van der Waals surface area contributed by atoms with Gasteiger partial charge in [0.25, 0.3) is 0 Å². The molecule has 0 spiro atoms. The van der Waals surface area contributed by atoms with Crippen molar-refractivity contribution in [1.29, 1.82) is 0 Å². The average molecular weight is 162 g/mol. The summed E-state index contributed by atoms with van der Waals surface area (Å²) in [6.45, 7) is 12.1. The number of hydrogen-bond donors (Lipinski definition) is 0. The van der Waals surface area contributed by atoms with Crippen LogP contribution in [0.15, 0.2) is 0 Å². The molecule has 1 atom stereocenters. The van der Waals surface area contributed by atoms with E-state index >= 15 is 0 Å². The third-order valence-electron chi connectivity index (χ3n) is 2.84. The second-order valence-electron chi connectivity index (χ2n) is 4.05. The topological polar surface area (TPSA) is 0 Å². The van der Waals surface area contributed by atoms with Crippen molar-refractivity contribution in [2.75, 3.05) is 19.5 Å². The van der Waals surface area contributed by atoms with Gasteiger partial charge in [0.05, 0.1) is 0 Å². The first-order valence-corrected chi connectivity index (χ1v) is 7.83. The van der Waals surface area contributed by atoms with E-state index in [0.29, 0.717) is 0 Å². The van der Waals surface area contributed by atoms with Crippen LogP contribution in [0.2, 0.25) is 0 Å². The van der Waals surface area contributed by atoms with Crippen LogP contribution in [0.4, 0.5) is 0 Å². The van der Waals surface area contributed by atoms with Gasteiger partial charge in [-0.25, -0.2) is 0 Å². The third kappa shape index (κ3) is 3.01. The first-order chi connectivity index (χ1) is 4.54. The number of rotatable bonds is 4. The fraction of sp³-hybridized carbons (Fsp3) is 1.00. The molecule has 0 aromatic rings. The van der Waals surface area contributed by atoms with Gasteiger partial charge in [0, 0.05) is 0 Å². The molecule has 0 rings (SSSR count). The molecule has 0 aliphatic heterocycles. The van der Waals surface area contributed by atoms with Crippen molar-refractivity contribution in [2.24, 2.45) is 0 Å². The first-order valence-electron chi connectivity index (χ1n) is 4.54. The van der Waals surface area contributed by atoms with Crippen LogP contribution in [0.25, 0.3) is 0 Å².